The second-order valence-electron chi connectivity index (χ2n) is 3.67. The summed E-state index contributed by atoms with van der Waals surface area (Å²) in [4.78, 5) is 3.61. The summed E-state index contributed by atoms with van der Waals surface area (Å²) in [6.45, 7) is 2.07. The molecule has 0 radical (unpaired) electrons. The molecule has 0 aliphatic heterocycles. The molecule has 0 saturated carbocycles. The van der Waals surface area contributed by atoms with E-state index in [0.717, 1.165) is 12.0 Å². The molecular formula is C12H12ClNOS. The molecule has 2 aromatic rings. The van der Waals surface area contributed by atoms with E-state index in [4.69, 9.17) is 10.7 Å². The fourth-order valence-corrected chi connectivity index (χ4v) is 2.61. The van der Waals surface area contributed by atoms with Crippen molar-refractivity contribution < 1.29 is 4.21 Å². The number of hydrogen-bond acceptors (Lipinski definition) is 1. The second-order valence-corrected chi connectivity index (χ2v) is 5.40. The Balaban J connectivity index is 2.31. The van der Waals surface area contributed by atoms with Crippen molar-refractivity contribution in [3.05, 3.63) is 53.3 Å². The summed E-state index contributed by atoms with van der Waals surface area (Å²) in [6.07, 6.45) is 4.29. The first-order valence-corrected chi connectivity index (χ1v) is 6.94. The number of aromatic nitrogens is 1. The van der Waals surface area contributed by atoms with Crippen LogP contribution < -0.4 is 0 Å². The van der Waals surface area contributed by atoms with E-state index in [-0.39, 0.29) is 0 Å². The summed E-state index contributed by atoms with van der Waals surface area (Å²) in [5.41, 5.74) is 3.45. The van der Waals surface area contributed by atoms with Gasteiger partial charge in [0.05, 0.1) is 4.90 Å². The van der Waals surface area contributed by atoms with Crippen LogP contribution in [0.1, 0.15) is 16.7 Å². The van der Waals surface area contributed by atoms with Crippen molar-refractivity contribution in [2.75, 3.05) is 0 Å². The average molecular weight is 254 g/mol. The zero-order chi connectivity index (χ0) is 11.5. The molecule has 0 amide bonds. The van der Waals surface area contributed by atoms with Gasteiger partial charge in [0.2, 0.25) is 0 Å². The first-order valence-electron chi connectivity index (χ1n) is 4.96. The maximum absolute atomic E-state index is 11.3. The largest absolute Gasteiger partial charge is 0.366 e. The number of halogens is 1. The molecule has 0 bridgehead atoms. The van der Waals surface area contributed by atoms with E-state index < -0.39 is 10.0 Å². The van der Waals surface area contributed by atoms with Crippen LogP contribution in [-0.2, 0) is 16.4 Å². The van der Waals surface area contributed by atoms with Gasteiger partial charge < -0.3 is 4.98 Å². The highest BCUT2D eigenvalue weighted by Gasteiger charge is 2.10. The summed E-state index contributed by atoms with van der Waals surface area (Å²) >= 11 is 0. The third-order valence-corrected chi connectivity index (χ3v) is 3.83. The Morgan fingerprint density at radius 1 is 1.25 bits per heavy atom. The fourth-order valence-electron chi connectivity index (χ4n) is 1.68. The van der Waals surface area contributed by atoms with Crippen LogP contribution in [0, 0.1) is 6.92 Å². The van der Waals surface area contributed by atoms with Crippen molar-refractivity contribution in [2.45, 2.75) is 18.2 Å². The van der Waals surface area contributed by atoms with Crippen molar-refractivity contribution in [3.63, 3.8) is 0 Å². The fraction of sp³-hybridized carbons (Fsp3) is 0.167. The number of nitrogens with one attached hydrogen (secondary N) is 1. The zero-order valence-corrected chi connectivity index (χ0v) is 10.4. The maximum Gasteiger partial charge on any atom is 0.149 e. The van der Waals surface area contributed by atoms with E-state index in [1.165, 1.54) is 11.1 Å². The SMILES string of the molecule is Cc1ccccc1Cc1c[nH]cc1S(=O)Cl. The van der Waals surface area contributed by atoms with Gasteiger partial charge in [-0.2, -0.15) is 0 Å². The standard InChI is InChI=1S/C12H12ClNOS/c1-9-4-2-3-5-10(9)6-11-7-14-8-12(11)16(13)15/h2-5,7-8,14H,6H2,1H3. The summed E-state index contributed by atoms with van der Waals surface area (Å²) in [6, 6.07) is 8.16. The lowest BCUT2D eigenvalue weighted by Gasteiger charge is -2.04. The first kappa shape index (κ1) is 11.4. The van der Waals surface area contributed by atoms with Crippen LogP contribution in [0.4, 0.5) is 0 Å². The Bertz CT molecular complexity index is 521. The zero-order valence-electron chi connectivity index (χ0n) is 8.87. The number of hydrogen-bond donors (Lipinski definition) is 1. The Morgan fingerprint density at radius 2 is 2.00 bits per heavy atom. The van der Waals surface area contributed by atoms with E-state index in [9.17, 15) is 4.21 Å². The predicted molar refractivity (Wildman–Crippen MR) is 67.0 cm³/mol. The Hall–Kier alpha value is -1.06. The van der Waals surface area contributed by atoms with Crippen molar-refractivity contribution in [2.24, 2.45) is 0 Å². The smallest absolute Gasteiger partial charge is 0.149 e. The van der Waals surface area contributed by atoms with Crippen molar-refractivity contribution in [3.8, 4) is 0 Å². The maximum atomic E-state index is 11.3. The molecule has 0 spiro atoms. The average Bonchev–Trinajstić information content (AvgIpc) is 2.69. The van der Waals surface area contributed by atoms with Crippen LogP contribution in [0.25, 0.3) is 0 Å². The molecule has 0 saturated heterocycles. The van der Waals surface area contributed by atoms with Gasteiger partial charge in [-0.05, 0) is 34.3 Å². The van der Waals surface area contributed by atoms with Gasteiger partial charge in [-0.25, -0.2) is 4.21 Å². The van der Waals surface area contributed by atoms with Gasteiger partial charge in [-0.1, -0.05) is 24.3 Å². The second kappa shape index (κ2) is 4.85. The lowest BCUT2D eigenvalue weighted by atomic mass is 10.0. The third kappa shape index (κ3) is 2.36. The van der Waals surface area contributed by atoms with Crippen LogP contribution in [0.15, 0.2) is 41.6 Å². The summed E-state index contributed by atoms with van der Waals surface area (Å²) in [5, 5.41) is 0. The summed E-state index contributed by atoms with van der Waals surface area (Å²) in [7, 11) is 4.16. The van der Waals surface area contributed by atoms with Gasteiger partial charge >= 0.3 is 0 Å². The molecule has 0 aliphatic carbocycles. The van der Waals surface area contributed by atoms with Gasteiger partial charge in [0.1, 0.15) is 10.0 Å². The molecule has 2 nitrogen and oxygen atoms in total. The van der Waals surface area contributed by atoms with Crippen LogP contribution in [-0.4, -0.2) is 9.19 Å². The molecule has 0 aliphatic rings. The number of benzene rings is 1. The molecule has 1 atom stereocenters. The van der Waals surface area contributed by atoms with Gasteiger partial charge in [0.15, 0.2) is 0 Å². The highest BCUT2D eigenvalue weighted by molar-refractivity contribution is 8.08. The van der Waals surface area contributed by atoms with Crippen molar-refractivity contribution in [1.82, 2.24) is 4.98 Å². The van der Waals surface area contributed by atoms with Crippen LogP contribution in [0.3, 0.4) is 0 Å². The van der Waals surface area contributed by atoms with E-state index in [1.54, 1.807) is 6.20 Å². The number of aryl methyl sites for hydroxylation is 1. The number of rotatable bonds is 3. The minimum Gasteiger partial charge on any atom is -0.366 e. The van der Waals surface area contributed by atoms with Crippen LogP contribution >= 0.6 is 10.7 Å². The van der Waals surface area contributed by atoms with Gasteiger partial charge in [-0.3, -0.25) is 0 Å². The molecule has 1 unspecified atom stereocenters. The monoisotopic (exact) mass is 253 g/mol. The van der Waals surface area contributed by atoms with Crippen LogP contribution in [0.5, 0.6) is 0 Å². The molecule has 1 N–H and O–H groups in total. The molecular weight excluding hydrogens is 242 g/mol. The topological polar surface area (TPSA) is 32.9 Å². The molecule has 84 valence electrons. The molecule has 1 heterocycles. The number of H-pyrrole nitrogens is 1. The lowest BCUT2D eigenvalue weighted by Crippen LogP contribution is -1.93. The van der Waals surface area contributed by atoms with E-state index in [1.807, 2.05) is 18.3 Å². The van der Waals surface area contributed by atoms with Crippen molar-refractivity contribution in [1.29, 1.82) is 0 Å². The Morgan fingerprint density at radius 3 is 2.69 bits per heavy atom. The van der Waals surface area contributed by atoms with E-state index >= 15 is 0 Å². The molecule has 16 heavy (non-hydrogen) atoms. The normalized spacial score (nSPS) is 12.6. The molecule has 0 fully saturated rings. The summed E-state index contributed by atoms with van der Waals surface area (Å²) < 4.78 is 11.3. The molecule has 2 rings (SSSR count). The minimum atomic E-state index is -1.45. The van der Waals surface area contributed by atoms with E-state index in [0.29, 0.717) is 4.90 Å². The highest BCUT2D eigenvalue weighted by atomic mass is 35.7. The van der Waals surface area contributed by atoms with E-state index in [2.05, 4.69) is 24.0 Å². The predicted octanol–water partition coefficient (Wildman–Crippen LogP) is 3.18. The lowest BCUT2D eigenvalue weighted by molar-refractivity contribution is 0.690. The van der Waals surface area contributed by atoms with Gasteiger partial charge in [-0.15, -0.1) is 0 Å². The Labute approximate surface area is 102 Å². The quantitative estimate of drug-likeness (QED) is 0.838. The van der Waals surface area contributed by atoms with Crippen LogP contribution in [0.2, 0.25) is 0 Å². The Kier molecular flexibility index (Phi) is 3.46. The minimum absolute atomic E-state index is 0.671. The summed E-state index contributed by atoms with van der Waals surface area (Å²) in [5.74, 6) is 0. The van der Waals surface area contributed by atoms with Gasteiger partial charge in [0, 0.05) is 18.8 Å². The molecule has 4 heteroatoms. The highest BCUT2D eigenvalue weighted by Crippen LogP contribution is 2.20. The number of aromatic amines is 1. The third-order valence-electron chi connectivity index (χ3n) is 2.60. The molecule has 1 aromatic heterocycles. The van der Waals surface area contributed by atoms with Gasteiger partial charge in [0.25, 0.3) is 0 Å². The first-order chi connectivity index (χ1) is 7.68. The molecule has 1 aromatic carbocycles. The van der Waals surface area contributed by atoms with Crippen molar-refractivity contribution >= 4 is 20.7 Å².